The largest absolute Gasteiger partial charge is 0.353 e. The van der Waals surface area contributed by atoms with Gasteiger partial charge in [0, 0.05) is 18.5 Å². The smallest absolute Gasteiger partial charge is 0.220 e. The van der Waals surface area contributed by atoms with E-state index in [1.165, 1.54) is 6.07 Å². The van der Waals surface area contributed by atoms with Crippen LogP contribution in [0, 0.1) is 5.82 Å². The number of carbonyl (C=O) groups is 1. The van der Waals surface area contributed by atoms with Gasteiger partial charge in [-0.2, -0.15) is 0 Å². The minimum atomic E-state index is -0.401. The van der Waals surface area contributed by atoms with Gasteiger partial charge in [-0.15, -0.1) is 0 Å². The van der Waals surface area contributed by atoms with Crippen LogP contribution in [0.25, 0.3) is 0 Å². The summed E-state index contributed by atoms with van der Waals surface area (Å²) >= 11 is 5.65. The van der Waals surface area contributed by atoms with E-state index in [1.54, 1.807) is 6.07 Å². The summed E-state index contributed by atoms with van der Waals surface area (Å²) in [6, 6.07) is 5.27. The van der Waals surface area contributed by atoms with E-state index in [0.29, 0.717) is 12.5 Å². The van der Waals surface area contributed by atoms with Crippen molar-refractivity contribution in [1.82, 2.24) is 10.6 Å². The van der Waals surface area contributed by atoms with Crippen molar-refractivity contribution in [2.45, 2.75) is 44.7 Å². The molecule has 1 aromatic carbocycles. The second-order valence-corrected chi connectivity index (χ2v) is 5.70. The van der Waals surface area contributed by atoms with Crippen LogP contribution >= 0.6 is 11.6 Å². The van der Waals surface area contributed by atoms with Gasteiger partial charge in [-0.1, -0.05) is 17.7 Å². The van der Waals surface area contributed by atoms with Crippen molar-refractivity contribution in [2.75, 3.05) is 6.54 Å². The number of rotatable bonds is 7. The molecule has 1 aliphatic carbocycles. The number of carbonyl (C=O) groups excluding carboxylic acids is 1. The summed E-state index contributed by atoms with van der Waals surface area (Å²) in [5, 5.41) is 6.37. The molecule has 2 rings (SSSR count). The van der Waals surface area contributed by atoms with E-state index in [2.05, 4.69) is 10.6 Å². The van der Waals surface area contributed by atoms with Crippen LogP contribution in [0.15, 0.2) is 18.2 Å². The van der Waals surface area contributed by atoms with Gasteiger partial charge in [0.15, 0.2) is 0 Å². The number of benzene rings is 1. The quantitative estimate of drug-likeness (QED) is 0.759. The Morgan fingerprint density at radius 3 is 2.90 bits per heavy atom. The zero-order valence-electron chi connectivity index (χ0n) is 11.6. The highest BCUT2D eigenvalue weighted by molar-refractivity contribution is 6.30. The van der Waals surface area contributed by atoms with Crippen LogP contribution in [0.3, 0.4) is 0 Å². The first-order valence-electron chi connectivity index (χ1n) is 7.04. The fraction of sp³-hybridized carbons (Fsp3) is 0.533. The average Bonchev–Trinajstić information content (AvgIpc) is 3.21. The molecular weight excluding hydrogens is 279 g/mol. The predicted molar refractivity (Wildman–Crippen MR) is 78.2 cm³/mol. The third kappa shape index (κ3) is 4.76. The molecule has 0 spiro atoms. The normalized spacial score (nSPS) is 15.9. The highest BCUT2D eigenvalue weighted by atomic mass is 35.5. The average molecular weight is 299 g/mol. The molecule has 1 amide bonds. The Morgan fingerprint density at radius 1 is 1.50 bits per heavy atom. The molecule has 2 N–H and O–H groups in total. The van der Waals surface area contributed by atoms with Crippen molar-refractivity contribution in [3.05, 3.63) is 34.6 Å². The van der Waals surface area contributed by atoms with Gasteiger partial charge in [0.25, 0.3) is 0 Å². The lowest BCUT2D eigenvalue weighted by atomic mass is 10.1. The minimum Gasteiger partial charge on any atom is -0.353 e. The van der Waals surface area contributed by atoms with Crippen LogP contribution in [0.2, 0.25) is 5.02 Å². The number of amides is 1. The van der Waals surface area contributed by atoms with Gasteiger partial charge in [-0.3, -0.25) is 4.79 Å². The molecule has 5 heteroatoms. The Bertz CT molecular complexity index is 477. The zero-order valence-corrected chi connectivity index (χ0v) is 12.3. The highest BCUT2D eigenvalue weighted by Gasteiger charge is 2.22. The van der Waals surface area contributed by atoms with Crippen LogP contribution in [0.1, 0.15) is 44.2 Å². The van der Waals surface area contributed by atoms with Gasteiger partial charge in [-0.05, 0) is 50.4 Å². The lowest BCUT2D eigenvalue weighted by Crippen LogP contribution is -2.27. The molecule has 1 aliphatic rings. The molecular formula is C15H20ClFN2O. The third-order valence-corrected chi connectivity index (χ3v) is 3.72. The molecule has 3 nitrogen and oxygen atoms in total. The molecule has 1 saturated carbocycles. The van der Waals surface area contributed by atoms with Crippen molar-refractivity contribution >= 4 is 17.5 Å². The van der Waals surface area contributed by atoms with Crippen molar-refractivity contribution < 1.29 is 9.18 Å². The van der Waals surface area contributed by atoms with Crippen molar-refractivity contribution in [2.24, 2.45) is 0 Å². The first-order valence-corrected chi connectivity index (χ1v) is 7.42. The molecule has 0 bridgehead atoms. The van der Waals surface area contributed by atoms with E-state index in [4.69, 9.17) is 11.6 Å². The molecule has 0 heterocycles. The molecule has 1 unspecified atom stereocenters. The SMILES string of the molecule is CC(NCCCC(=O)NC1CC1)c1ccc(Cl)c(F)c1. The van der Waals surface area contributed by atoms with Gasteiger partial charge in [-0.25, -0.2) is 4.39 Å². The molecule has 1 atom stereocenters. The standard InChI is InChI=1S/C15H20ClFN2O/c1-10(11-4-7-13(16)14(17)9-11)18-8-2-3-15(20)19-12-5-6-12/h4,7,9-10,12,18H,2-3,5-6,8H2,1H3,(H,19,20). The fourth-order valence-corrected chi connectivity index (χ4v) is 2.11. The molecule has 0 radical (unpaired) electrons. The first-order chi connectivity index (χ1) is 9.56. The lowest BCUT2D eigenvalue weighted by Gasteiger charge is -2.14. The summed E-state index contributed by atoms with van der Waals surface area (Å²) in [4.78, 5) is 11.5. The summed E-state index contributed by atoms with van der Waals surface area (Å²) in [5.41, 5.74) is 0.856. The van der Waals surface area contributed by atoms with E-state index in [1.807, 2.05) is 13.0 Å². The molecule has 0 aromatic heterocycles. The molecule has 20 heavy (non-hydrogen) atoms. The van der Waals surface area contributed by atoms with E-state index >= 15 is 0 Å². The summed E-state index contributed by atoms with van der Waals surface area (Å²) in [5.74, 6) is -0.277. The Hall–Kier alpha value is -1.13. The van der Waals surface area contributed by atoms with Crippen molar-refractivity contribution in [3.8, 4) is 0 Å². The Balaban J connectivity index is 1.67. The van der Waals surface area contributed by atoms with Gasteiger partial charge in [0.05, 0.1) is 5.02 Å². The maximum absolute atomic E-state index is 13.3. The van der Waals surface area contributed by atoms with Crippen LogP contribution in [0.4, 0.5) is 4.39 Å². The van der Waals surface area contributed by atoms with E-state index in [0.717, 1.165) is 31.4 Å². The van der Waals surface area contributed by atoms with Crippen molar-refractivity contribution in [1.29, 1.82) is 0 Å². The summed E-state index contributed by atoms with van der Waals surface area (Å²) < 4.78 is 13.3. The highest BCUT2D eigenvalue weighted by Crippen LogP contribution is 2.20. The van der Waals surface area contributed by atoms with Crippen molar-refractivity contribution in [3.63, 3.8) is 0 Å². The summed E-state index contributed by atoms with van der Waals surface area (Å²) in [7, 11) is 0. The van der Waals surface area contributed by atoms with E-state index in [9.17, 15) is 9.18 Å². The molecule has 0 saturated heterocycles. The summed E-state index contributed by atoms with van der Waals surface area (Å²) in [6.07, 6.45) is 3.54. The number of halogens is 2. The Kier molecular flexibility index (Phi) is 5.38. The number of nitrogens with one attached hydrogen (secondary N) is 2. The van der Waals surface area contributed by atoms with Crippen LogP contribution in [0.5, 0.6) is 0 Å². The van der Waals surface area contributed by atoms with E-state index in [-0.39, 0.29) is 17.0 Å². The monoisotopic (exact) mass is 298 g/mol. The van der Waals surface area contributed by atoms with Crippen LogP contribution in [-0.2, 0) is 4.79 Å². The van der Waals surface area contributed by atoms with Gasteiger partial charge in [0.1, 0.15) is 5.82 Å². The Morgan fingerprint density at radius 2 is 2.25 bits per heavy atom. The molecule has 1 aromatic rings. The predicted octanol–water partition coefficient (Wildman–Crippen LogP) is 3.19. The van der Waals surface area contributed by atoms with Crippen LogP contribution < -0.4 is 10.6 Å². The van der Waals surface area contributed by atoms with Gasteiger partial charge < -0.3 is 10.6 Å². The molecule has 0 aliphatic heterocycles. The number of hydrogen-bond acceptors (Lipinski definition) is 2. The second-order valence-electron chi connectivity index (χ2n) is 5.29. The van der Waals surface area contributed by atoms with Gasteiger partial charge >= 0.3 is 0 Å². The first kappa shape index (κ1) is 15.3. The Labute approximate surface area is 123 Å². The number of hydrogen-bond donors (Lipinski definition) is 2. The van der Waals surface area contributed by atoms with Gasteiger partial charge in [0.2, 0.25) is 5.91 Å². The second kappa shape index (κ2) is 7.04. The molecule has 1 fully saturated rings. The minimum absolute atomic E-state index is 0.0354. The molecule has 110 valence electrons. The maximum atomic E-state index is 13.3. The maximum Gasteiger partial charge on any atom is 0.220 e. The zero-order chi connectivity index (χ0) is 14.5. The third-order valence-electron chi connectivity index (χ3n) is 3.42. The summed E-state index contributed by atoms with van der Waals surface area (Å²) in [6.45, 7) is 2.69. The topological polar surface area (TPSA) is 41.1 Å². The van der Waals surface area contributed by atoms with Crippen LogP contribution in [-0.4, -0.2) is 18.5 Å². The lowest BCUT2D eigenvalue weighted by molar-refractivity contribution is -0.121. The van der Waals surface area contributed by atoms with E-state index < -0.39 is 5.82 Å². The fourth-order valence-electron chi connectivity index (χ4n) is 1.99.